The molecule has 3 rings (SSSR count). The maximum atomic E-state index is 12.9. The maximum absolute atomic E-state index is 12.9. The number of carbonyl (C=O) groups is 4. The average molecular weight is 354 g/mol. The minimum Gasteiger partial charge on any atom is -0.341 e. The Morgan fingerprint density at radius 3 is 2.54 bits per heavy atom. The summed E-state index contributed by atoms with van der Waals surface area (Å²) < 4.78 is 0. The molecule has 134 valence electrons. The van der Waals surface area contributed by atoms with Gasteiger partial charge >= 0.3 is 12.1 Å². The van der Waals surface area contributed by atoms with Gasteiger partial charge in [0, 0.05) is 7.05 Å². The Morgan fingerprint density at radius 2 is 1.81 bits per heavy atom. The largest absolute Gasteiger partial charge is 0.341 e. The highest BCUT2D eigenvalue weighted by Gasteiger charge is 2.50. The highest BCUT2D eigenvalue weighted by molar-refractivity contribution is 6.11. The van der Waals surface area contributed by atoms with Crippen molar-refractivity contribution >= 4 is 34.6 Å². The van der Waals surface area contributed by atoms with Crippen LogP contribution in [0.25, 0.3) is 10.8 Å². The van der Waals surface area contributed by atoms with E-state index in [1.54, 1.807) is 13.0 Å². The molecule has 1 aliphatic rings. The molecule has 1 saturated heterocycles. The second-order valence-electron chi connectivity index (χ2n) is 6.10. The molecule has 0 radical (unpaired) electrons. The fourth-order valence-electron chi connectivity index (χ4n) is 3.06. The van der Waals surface area contributed by atoms with Crippen LogP contribution in [-0.4, -0.2) is 42.4 Å². The van der Waals surface area contributed by atoms with Gasteiger partial charge in [0.15, 0.2) is 0 Å². The number of hydrogen-bond acceptors (Lipinski definition) is 4. The van der Waals surface area contributed by atoms with Crippen LogP contribution in [0.4, 0.5) is 9.59 Å². The summed E-state index contributed by atoms with van der Waals surface area (Å²) in [5.41, 5.74) is -0.659. The maximum Gasteiger partial charge on any atom is 0.325 e. The van der Waals surface area contributed by atoms with E-state index in [0.717, 1.165) is 15.7 Å². The van der Waals surface area contributed by atoms with E-state index in [1.165, 1.54) is 7.05 Å². The lowest BCUT2D eigenvalue weighted by atomic mass is 9.88. The number of benzene rings is 2. The van der Waals surface area contributed by atoms with E-state index in [0.29, 0.717) is 5.56 Å². The van der Waals surface area contributed by atoms with E-state index in [-0.39, 0.29) is 0 Å². The lowest BCUT2D eigenvalue weighted by Crippen LogP contribution is -2.46. The van der Waals surface area contributed by atoms with Gasteiger partial charge in [0.25, 0.3) is 5.91 Å². The standard InChI is InChI=1S/C18H18N4O4/c1-18(13-9-5-7-11-6-3-4-8-12(11)13)15(24)22(17(26)21-18)10-14(23)20-16(25)19-2/h3-9H,10H2,1-2H3,(H,21,26)(H2,19,20,23,25)/t18-/m0/s1. The minimum absolute atomic E-state index is 0.543. The van der Waals surface area contributed by atoms with E-state index in [2.05, 4.69) is 10.6 Å². The molecule has 1 aliphatic heterocycles. The summed E-state index contributed by atoms with van der Waals surface area (Å²) in [5.74, 6) is -1.30. The van der Waals surface area contributed by atoms with E-state index >= 15 is 0 Å². The highest BCUT2D eigenvalue weighted by Crippen LogP contribution is 2.33. The molecule has 3 N–H and O–H groups in total. The van der Waals surface area contributed by atoms with Crippen molar-refractivity contribution in [2.24, 2.45) is 0 Å². The van der Waals surface area contributed by atoms with Crippen LogP contribution in [0.5, 0.6) is 0 Å². The molecule has 6 amide bonds. The van der Waals surface area contributed by atoms with Crippen molar-refractivity contribution in [3.05, 3.63) is 48.0 Å². The zero-order valence-corrected chi connectivity index (χ0v) is 14.3. The van der Waals surface area contributed by atoms with Crippen LogP contribution < -0.4 is 16.0 Å². The Hall–Kier alpha value is -3.42. The molecule has 26 heavy (non-hydrogen) atoms. The van der Waals surface area contributed by atoms with E-state index < -0.39 is 36.0 Å². The molecule has 0 aromatic heterocycles. The first-order chi connectivity index (χ1) is 12.4. The number of imide groups is 2. The number of fused-ring (bicyclic) bond motifs is 1. The highest BCUT2D eigenvalue weighted by atomic mass is 16.2. The lowest BCUT2D eigenvalue weighted by Gasteiger charge is -2.24. The number of carbonyl (C=O) groups excluding carboxylic acids is 4. The van der Waals surface area contributed by atoms with Gasteiger partial charge in [-0.25, -0.2) is 9.59 Å². The SMILES string of the molecule is CNC(=O)NC(=O)CN1C(=O)N[C@@](C)(c2cccc3ccccc23)C1=O. The van der Waals surface area contributed by atoms with Crippen molar-refractivity contribution < 1.29 is 19.2 Å². The van der Waals surface area contributed by atoms with Crippen molar-refractivity contribution in [2.75, 3.05) is 13.6 Å². The minimum atomic E-state index is -1.30. The van der Waals surface area contributed by atoms with Gasteiger partial charge in [-0.15, -0.1) is 0 Å². The van der Waals surface area contributed by atoms with Crippen molar-refractivity contribution in [3.63, 3.8) is 0 Å². The Labute approximate surface area is 149 Å². The van der Waals surface area contributed by atoms with Crippen LogP contribution >= 0.6 is 0 Å². The summed E-state index contributed by atoms with van der Waals surface area (Å²) in [5, 5.41) is 8.70. The van der Waals surface area contributed by atoms with Crippen LogP contribution in [0, 0.1) is 0 Å². The van der Waals surface area contributed by atoms with Gasteiger partial charge in [0.1, 0.15) is 12.1 Å². The fraction of sp³-hybridized carbons (Fsp3) is 0.222. The van der Waals surface area contributed by atoms with Crippen molar-refractivity contribution in [1.82, 2.24) is 20.9 Å². The van der Waals surface area contributed by atoms with Gasteiger partial charge in [-0.2, -0.15) is 0 Å². The topological polar surface area (TPSA) is 108 Å². The predicted octanol–water partition coefficient (Wildman–Crippen LogP) is 1.06. The molecule has 0 saturated carbocycles. The first kappa shape index (κ1) is 17.4. The van der Waals surface area contributed by atoms with Gasteiger partial charge in [-0.05, 0) is 23.3 Å². The van der Waals surface area contributed by atoms with Crippen LogP contribution in [-0.2, 0) is 15.1 Å². The molecule has 0 spiro atoms. The zero-order valence-electron chi connectivity index (χ0n) is 14.3. The number of amides is 6. The molecule has 2 aromatic carbocycles. The fourth-order valence-corrected chi connectivity index (χ4v) is 3.06. The average Bonchev–Trinajstić information content (AvgIpc) is 2.85. The number of rotatable bonds is 3. The molecule has 1 heterocycles. The smallest absolute Gasteiger partial charge is 0.325 e. The van der Waals surface area contributed by atoms with E-state index in [9.17, 15) is 19.2 Å². The summed E-state index contributed by atoms with van der Waals surface area (Å²) in [6.45, 7) is 1.06. The third kappa shape index (κ3) is 2.85. The molecular formula is C18H18N4O4. The Kier molecular flexibility index (Phi) is 4.33. The van der Waals surface area contributed by atoms with Gasteiger partial charge in [-0.1, -0.05) is 42.5 Å². The molecule has 1 fully saturated rings. The Bertz CT molecular complexity index is 921. The number of hydrogen-bond donors (Lipinski definition) is 3. The Morgan fingerprint density at radius 1 is 1.12 bits per heavy atom. The van der Waals surface area contributed by atoms with Crippen molar-refractivity contribution in [3.8, 4) is 0 Å². The monoisotopic (exact) mass is 354 g/mol. The first-order valence-electron chi connectivity index (χ1n) is 8.00. The van der Waals surface area contributed by atoms with Crippen LogP contribution in [0.1, 0.15) is 12.5 Å². The summed E-state index contributed by atoms with van der Waals surface area (Å²) in [6, 6.07) is 11.6. The second kappa shape index (κ2) is 6.47. The molecule has 0 aliphatic carbocycles. The van der Waals surface area contributed by atoms with Gasteiger partial charge in [-0.3, -0.25) is 19.8 Å². The van der Waals surface area contributed by atoms with Gasteiger partial charge in [0.05, 0.1) is 0 Å². The van der Waals surface area contributed by atoms with Gasteiger partial charge < -0.3 is 10.6 Å². The first-order valence-corrected chi connectivity index (χ1v) is 8.00. The third-order valence-electron chi connectivity index (χ3n) is 4.39. The molecule has 1 atom stereocenters. The second-order valence-corrected chi connectivity index (χ2v) is 6.10. The Balaban J connectivity index is 1.92. The number of nitrogens with one attached hydrogen (secondary N) is 3. The van der Waals surface area contributed by atoms with Crippen molar-refractivity contribution in [1.29, 1.82) is 0 Å². The lowest BCUT2D eigenvalue weighted by molar-refractivity contribution is -0.134. The molecule has 8 nitrogen and oxygen atoms in total. The normalized spacial score (nSPS) is 19.4. The molecule has 2 aromatic rings. The van der Waals surface area contributed by atoms with Crippen LogP contribution in [0.3, 0.4) is 0 Å². The third-order valence-corrected chi connectivity index (χ3v) is 4.39. The van der Waals surface area contributed by atoms with Crippen LogP contribution in [0.2, 0.25) is 0 Å². The summed E-state index contributed by atoms with van der Waals surface area (Å²) >= 11 is 0. The summed E-state index contributed by atoms with van der Waals surface area (Å²) in [6.07, 6.45) is 0. The zero-order chi connectivity index (χ0) is 18.9. The summed E-state index contributed by atoms with van der Waals surface area (Å²) in [4.78, 5) is 49.1. The quantitative estimate of drug-likeness (QED) is 0.716. The summed E-state index contributed by atoms with van der Waals surface area (Å²) in [7, 11) is 1.36. The van der Waals surface area contributed by atoms with Gasteiger partial charge in [0.2, 0.25) is 5.91 Å². The van der Waals surface area contributed by atoms with E-state index in [1.807, 2.05) is 41.7 Å². The van der Waals surface area contributed by atoms with E-state index in [4.69, 9.17) is 0 Å². The number of nitrogens with zero attached hydrogens (tertiary/aromatic N) is 1. The molecule has 8 heteroatoms. The van der Waals surface area contributed by atoms with Crippen LogP contribution in [0.15, 0.2) is 42.5 Å². The van der Waals surface area contributed by atoms with Crippen molar-refractivity contribution in [2.45, 2.75) is 12.5 Å². The predicted molar refractivity (Wildman–Crippen MR) is 94.1 cm³/mol. The molecule has 0 unspecified atom stereocenters. The molecular weight excluding hydrogens is 336 g/mol. The molecule has 0 bridgehead atoms. The number of urea groups is 2.